The Kier molecular flexibility index (Phi) is 6.46. The van der Waals surface area contributed by atoms with E-state index in [2.05, 4.69) is 31.1 Å². The van der Waals surface area contributed by atoms with Crippen molar-refractivity contribution in [1.82, 2.24) is 10.3 Å². The number of esters is 1. The molecule has 26 heavy (non-hydrogen) atoms. The summed E-state index contributed by atoms with van der Waals surface area (Å²) in [7, 11) is 0. The average Bonchev–Trinajstić information content (AvgIpc) is 2.96. The van der Waals surface area contributed by atoms with Crippen molar-refractivity contribution in [3.8, 4) is 0 Å². The molecule has 0 fully saturated rings. The third-order valence-electron chi connectivity index (χ3n) is 4.32. The number of rotatable bonds is 7. The third kappa shape index (κ3) is 5.61. The normalized spacial score (nSPS) is 13.0. The third-order valence-corrected chi connectivity index (χ3v) is 4.32. The van der Waals surface area contributed by atoms with E-state index in [0.717, 1.165) is 22.9 Å². The summed E-state index contributed by atoms with van der Waals surface area (Å²) in [5.74, 6) is -0.723. The minimum absolute atomic E-state index is 0.0911. The molecule has 0 aliphatic rings. The van der Waals surface area contributed by atoms with Crippen molar-refractivity contribution >= 4 is 22.8 Å². The predicted molar refractivity (Wildman–Crippen MR) is 104 cm³/mol. The molecule has 0 saturated heterocycles. The number of H-pyrrole nitrogens is 1. The number of para-hydroxylation sites is 1. The maximum Gasteiger partial charge on any atom is 0.328 e. The van der Waals surface area contributed by atoms with Gasteiger partial charge < -0.3 is 15.0 Å². The second-order valence-electron chi connectivity index (χ2n) is 8.26. The molecular formula is C21H30N2O3. The molecule has 1 atom stereocenters. The van der Waals surface area contributed by atoms with Gasteiger partial charge in [0.2, 0.25) is 5.91 Å². The lowest BCUT2D eigenvalue weighted by Gasteiger charge is -2.21. The number of fused-ring (bicyclic) bond motifs is 1. The number of carbonyl (C=O) groups is 2. The van der Waals surface area contributed by atoms with E-state index in [1.54, 1.807) is 0 Å². The number of hydrogen-bond acceptors (Lipinski definition) is 3. The molecule has 5 nitrogen and oxygen atoms in total. The highest BCUT2D eigenvalue weighted by atomic mass is 16.5. The van der Waals surface area contributed by atoms with Crippen LogP contribution in [0.1, 0.15) is 46.6 Å². The van der Waals surface area contributed by atoms with Crippen molar-refractivity contribution in [2.75, 3.05) is 6.61 Å². The van der Waals surface area contributed by atoms with Crippen LogP contribution in [-0.4, -0.2) is 29.5 Å². The number of nitrogens with one attached hydrogen (secondary N) is 2. The number of hydrogen-bond donors (Lipinski definition) is 2. The van der Waals surface area contributed by atoms with Crippen molar-refractivity contribution in [1.29, 1.82) is 0 Å². The zero-order valence-electron chi connectivity index (χ0n) is 16.4. The van der Waals surface area contributed by atoms with Gasteiger partial charge in [-0.3, -0.25) is 4.79 Å². The molecule has 1 heterocycles. The Labute approximate surface area is 155 Å². The van der Waals surface area contributed by atoms with Crippen LogP contribution >= 0.6 is 0 Å². The van der Waals surface area contributed by atoms with Gasteiger partial charge in [0.1, 0.15) is 6.04 Å². The van der Waals surface area contributed by atoms with E-state index in [0.29, 0.717) is 13.0 Å². The lowest BCUT2D eigenvalue weighted by Crippen LogP contribution is -2.45. The van der Waals surface area contributed by atoms with Gasteiger partial charge in [0.15, 0.2) is 0 Å². The van der Waals surface area contributed by atoms with Crippen LogP contribution in [0.4, 0.5) is 0 Å². The van der Waals surface area contributed by atoms with Crippen LogP contribution in [0.2, 0.25) is 0 Å². The summed E-state index contributed by atoms with van der Waals surface area (Å²) in [6, 6.07) is 7.23. The first-order valence-electron chi connectivity index (χ1n) is 9.19. The fourth-order valence-electron chi connectivity index (χ4n) is 2.61. The maximum absolute atomic E-state index is 12.6. The van der Waals surface area contributed by atoms with Crippen molar-refractivity contribution in [3.05, 3.63) is 36.0 Å². The number of aromatic nitrogens is 1. The van der Waals surface area contributed by atoms with Gasteiger partial charge >= 0.3 is 5.97 Å². The minimum Gasteiger partial charge on any atom is -0.464 e. The van der Waals surface area contributed by atoms with Gasteiger partial charge in [-0.15, -0.1) is 0 Å². The number of benzene rings is 1. The smallest absolute Gasteiger partial charge is 0.328 e. The Morgan fingerprint density at radius 2 is 1.88 bits per heavy atom. The first-order chi connectivity index (χ1) is 12.2. The van der Waals surface area contributed by atoms with Gasteiger partial charge in [0.05, 0.1) is 6.61 Å². The zero-order valence-corrected chi connectivity index (χ0v) is 16.4. The molecule has 1 unspecified atom stereocenters. The van der Waals surface area contributed by atoms with Crippen LogP contribution in [0.5, 0.6) is 0 Å². The van der Waals surface area contributed by atoms with E-state index in [1.165, 1.54) is 0 Å². The molecule has 0 aliphatic heterocycles. The Morgan fingerprint density at radius 3 is 2.54 bits per heavy atom. The van der Waals surface area contributed by atoms with Crippen molar-refractivity contribution in [3.63, 3.8) is 0 Å². The van der Waals surface area contributed by atoms with Crippen LogP contribution in [0.3, 0.4) is 0 Å². The van der Waals surface area contributed by atoms with Crippen LogP contribution in [0.25, 0.3) is 10.9 Å². The zero-order chi connectivity index (χ0) is 19.3. The standard InChI is InChI=1S/C21H30N2O3/c1-14(2)19(24)23-18(20(25)26-11-10-21(3,4)5)12-15-13-22-17-9-7-6-8-16(15)17/h6-9,13-14,18,22H,10-12H2,1-5H3,(H,23,24). The van der Waals surface area contributed by atoms with Gasteiger partial charge in [-0.25, -0.2) is 4.79 Å². The van der Waals surface area contributed by atoms with E-state index in [-0.39, 0.29) is 23.2 Å². The lowest BCUT2D eigenvalue weighted by molar-refractivity contribution is -0.148. The minimum atomic E-state index is -0.691. The second-order valence-corrected chi connectivity index (χ2v) is 8.26. The van der Waals surface area contributed by atoms with Gasteiger partial charge in [-0.2, -0.15) is 0 Å². The van der Waals surface area contributed by atoms with E-state index in [1.807, 2.05) is 44.3 Å². The van der Waals surface area contributed by atoms with Crippen LogP contribution < -0.4 is 5.32 Å². The fraction of sp³-hybridized carbons (Fsp3) is 0.524. The van der Waals surface area contributed by atoms with E-state index in [9.17, 15) is 9.59 Å². The SMILES string of the molecule is CC(C)C(=O)NC(Cc1c[nH]c2ccccc12)C(=O)OCCC(C)(C)C. The van der Waals surface area contributed by atoms with E-state index < -0.39 is 6.04 Å². The van der Waals surface area contributed by atoms with Gasteiger partial charge in [-0.1, -0.05) is 52.8 Å². The molecule has 2 N–H and O–H groups in total. The summed E-state index contributed by atoms with van der Waals surface area (Å²) in [4.78, 5) is 28.0. The predicted octanol–water partition coefficient (Wildman–Crippen LogP) is 3.83. The van der Waals surface area contributed by atoms with Crippen molar-refractivity contribution in [2.45, 2.75) is 53.5 Å². The molecule has 0 spiro atoms. The molecule has 1 aromatic carbocycles. The first kappa shape index (κ1) is 20.0. The molecule has 0 aliphatic carbocycles. The monoisotopic (exact) mass is 358 g/mol. The summed E-state index contributed by atoms with van der Waals surface area (Å²) < 4.78 is 5.46. The largest absolute Gasteiger partial charge is 0.464 e. The highest BCUT2D eigenvalue weighted by Gasteiger charge is 2.25. The Bertz CT molecular complexity index is 756. The molecule has 2 rings (SSSR count). The van der Waals surface area contributed by atoms with Crippen molar-refractivity contribution < 1.29 is 14.3 Å². The molecule has 1 amide bonds. The highest BCUT2D eigenvalue weighted by Crippen LogP contribution is 2.21. The highest BCUT2D eigenvalue weighted by molar-refractivity contribution is 5.87. The number of carbonyl (C=O) groups excluding carboxylic acids is 2. The van der Waals surface area contributed by atoms with Gasteiger partial charge in [0.25, 0.3) is 0 Å². The fourth-order valence-corrected chi connectivity index (χ4v) is 2.61. The lowest BCUT2D eigenvalue weighted by atomic mass is 9.93. The molecule has 0 radical (unpaired) electrons. The average molecular weight is 358 g/mol. The van der Waals surface area contributed by atoms with E-state index in [4.69, 9.17) is 4.74 Å². The molecular weight excluding hydrogens is 328 g/mol. The summed E-state index contributed by atoms with van der Waals surface area (Å²) in [6.45, 7) is 10.3. The summed E-state index contributed by atoms with van der Waals surface area (Å²) in [6.07, 6.45) is 3.06. The van der Waals surface area contributed by atoms with Crippen LogP contribution in [-0.2, 0) is 20.7 Å². The maximum atomic E-state index is 12.6. The molecule has 2 aromatic rings. The van der Waals surface area contributed by atoms with Crippen LogP contribution in [0.15, 0.2) is 30.5 Å². The molecule has 0 saturated carbocycles. The number of aromatic amines is 1. The Hall–Kier alpha value is -2.30. The molecule has 1 aromatic heterocycles. The van der Waals surface area contributed by atoms with Gasteiger partial charge in [0, 0.05) is 29.4 Å². The van der Waals surface area contributed by atoms with Crippen molar-refractivity contribution in [2.24, 2.45) is 11.3 Å². The number of amides is 1. The molecule has 5 heteroatoms. The number of ether oxygens (including phenoxy) is 1. The second kappa shape index (κ2) is 8.39. The molecule has 0 bridgehead atoms. The van der Waals surface area contributed by atoms with Crippen LogP contribution in [0, 0.1) is 11.3 Å². The first-order valence-corrected chi connectivity index (χ1v) is 9.19. The molecule has 142 valence electrons. The Balaban J connectivity index is 2.12. The van der Waals surface area contributed by atoms with E-state index >= 15 is 0 Å². The van der Waals surface area contributed by atoms with Gasteiger partial charge in [-0.05, 0) is 23.5 Å². The Morgan fingerprint density at radius 1 is 1.19 bits per heavy atom. The summed E-state index contributed by atoms with van der Waals surface area (Å²) >= 11 is 0. The summed E-state index contributed by atoms with van der Waals surface area (Å²) in [5, 5.41) is 3.89. The topological polar surface area (TPSA) is 71.2 Å². The quantitative estimate of drug-likeness (QED) is 0.739. The summed E-state index contributed by atoms with van der Waals surface area (Å²) in [5.41, 5.74) is 2.09.